The molecule has 0 unspecified atom stereocenters. The van der Waals surface area contributed by atoms with E-state index < -0.39 is 0 Å². The van der Waals surface area contributed by atoms with Gasteiger partial charge in [-0.3, -0.25) is 9.89 Å². The highest BCUT2D eigenvalue weighted by Crippen LogP contribution is 2.42. The molecule has 1 amide bonds. The van der Waals surface area contributed by atoms with Crippen molar-refractivity contribution in [2.24, 2.45) is 5.92 Å². The summed E-state index contributed by atoms with van der Waals surface area (Å²) in [4.78, 5) is 15.7. The quantitative estimate of drug-likeness (QED) is 0.676. The molecule has 160 valence electrons. The van der Waals surface area contributed by atoms with Crippen molar-refractivity contribution in [2.45, 2.75) is 44.6 Å². The second-order valence-electron chi connectivity index (χ2n) is 8.68. The molecule has 1 aromatic carbocycles. The van der Waals surface area contributed by atoms with Crippen LogP contribution < -0.4 is 14.8 Å². The summed E-state index contributed by atoms with van der Waals surface area (Å²) in [7, 11) is 3.26. The maximum Gasteiger partial charge on any atom is 0.269 e. The van der Waals surface area contributed by atoms with Gasteiger partial charge in [0.15, 0.2) is 11.5 Å². The number of H-pyrrole nitrogens is 1. The first kappa shape index (κ1) is 19.4. The Bertz CT molecular complexity index is 952. The second kappa shape index (κ2) is 7.95. The monoisotopic (exact) mass is 410 g/mol. The number of benzene rings is 1. The molecule has 2 fully saturated rings. The number of hydrogen-bond donors (Lipinski definition) is 2. The first-order chi connectivity index (χ1) is 14.7. The minimum absolute atomic E-state index is 0.0524. The minimum atomic E-state index is -0.0524. The molecule has 2 aromatic rings. The van der Waals surface area contributed by atoms with Crippen LogP contribution in [-0.4, -0.2) is 60.9 Å². The Morgan fingerprint density at radius 1 is 1.17 bits per heavy atom. The van der Waals surface area contributed by atoms with E-state index in [4.69, 9.17) is 9.47 Å². The van der Waals surface area contributed by atoms with Gasteiger partial charge in [-0.05, 0) is 62.4 Å². The molecular weight excluding hydrogens is 380 g/mol. The number of rotatable bonds is 5. The lowest BCUT2D eigenvalue weighted by Crippen LogP contribution is -2.51. The van der Waals surface area contributed by atoms with Gasteiger partial charge in [0, 0.05) is 30.1 Å². The summed E-state index contributed by atoms with van der Waals surface area (Å²) in [5.41, 5.74) is 4.49. The van der Waals surface area contributed by atoms with E-state index in [1.54, 1.807) is 14.2 Å². The highest BCUT2D eigenvalue weighted by molar-refractivity contribution is 5.97. The third-order valence-corrected chi connectivity index (χ3v) is 7.08. The Morgan fingerprint density at radius 2 is 1.97 bits per heavy atom. The van der Waals surface area contributed by atoms with Crippen LogP contribution in [0.25, 0.3) is 11.3 Å². The molecule has 3 aliphatic rings. The van der Waals surface area contributed by atoms with Gasteiger partial charge in [0.1, 0.15) is 5.69 Å². The molecule has 2 N–H and O–H groups in total. The van der Waals surface area contributed by atoms with Gasteiger partial charge >= 0.3 is 0 Å². The Morgan fingerprint density at radius 3 is 2.80 bits per heavy atom. The van der Waals surface area contributed by atoms with Crippen molar-refractivity contribution >= 4 is 5.91 Å². The number of aromatic nitrogens is 2. The maximum absolute atomic E-state index is 13.0. The van der Waals surface area contributed by atoms with Crippen LogP contribution >= 0.6 is 0 Å². The molecule has 0 bridgehead atoms. The summed E-state index contributed by atoms with van der Waals surface area (Å²) >= 11 is 0. The van der Waals surface area contributed by atoms with Crippen molar-refractivity contribution in [1.29, 1.82) is 0 Å². The number of ether oxygens (including phenoxy) is 2. The van der Waals surface area contributed by atoms with Crippen LogP contribution in [0.4, 0.5) is 0 Å². The van der Waals surface area contributed by atoms with Gasteiger partial charge in [0.25, 0.3) is 5.91 Å². The Balaban J connectivity index is 1.31. The number of hydrogen-bond acceptors (Lipinski definition) is 5. The van der Waals surface area contributed by atoms with Crippen molar-refractivity contribution in [2.75, 3.05) is 33.9 Å². The molecule has 2 atom stereocenters. The molecule has 1 aromatic heterocycles. The Labute approximate surface area is 177 Å². The minimum Gasteiger partial charge on any atom is -0.493 e. The number of piperidine rings is 2. The van der Waals surface area contributed by atoms with Gasteiger partial charge in [0.2, 0.25) is 0 Å². The number of fused-ring (bicyclic) bond motifs is 4. The van der Waals surface area contributed by atoms with Gasteiger partial charge < -0.3 is 19.7 Å². The van der Waals surface area contributed by atoms with E-state index in [9.17, 15) is 4.79 Å². The maximum atomic E-state index is 13.0. The molecule has 2 aliphatic heterocycles. The number of carbonyl (C=O) groups excluding carboxylic acids is 1. The first-order valence-electron chi connectivity index (χ1n) is 11.0. The van der Waals surface area contributed by atoms with Gasteiger partial charge in [0.05, 0.1) is 19.9 Å². The van der Waals surface area contributed by atoms with Crippen LogP contribution in [0.3, 0.4) is 0 Å². The highest BCUT2D eigenvalue weighted by Gasteiger charge is 2.34. The summed E-state index contributed by atoms with van der Waals surface area (Å²) in [5, 5.41) is 10.6. The lowest BCUT2D eigenvalue weighted by molar-refractivity contribution is 0.0575. The van der Waals surface area contributed by atoms with E-state index in [1.807, 2.05) is 12.1 Å². The molecule has 0 spiro atoms. The first-order valence-corrected chi connectivity index (χ1v) is 11.0. The fourth-order valence-corrected chi connectivity index (χ4v) is 5.55. The van der Waals surface area contributed by atoms with Crippen molar-refractivity contribution in [1.82, 2.24) is 20.4 Å². The van der Waals surface area contributed by atoms with Crippen molar-refractivity contribution in [3.8, 4) is 22.8 Å². The number of methoxy groups -OCH3 is 2. The third kappa shape index (κ3) is 3.25. The smallest absolute Gasteiger partial charge is 0.269 e. The SMILES string of the molecule is COc1cc2c(cc1OC)-c1n[nH]c(C(=O)NC[C@H]3CCCN4CCCC[C@@H]34)c1C2. The average molecular weight is 411 g/mol. The van der Waals surface area contributed by atoms with Crippen LogP contribution in [-0.2, 0) is 6.42 Å². The number of carbonyl (C=O) groups is 1. The normalized spacial score (nSPS) is 22.7. The van der Waals surface area contributed by atoms with Crippen molar-refractivity contribution in [3.05, 3.63) is 29.0 Å². The summed E-state index contributed by atoms with van der Waals surface area (Å²) in [6, 6.07) is 4.56. The Hall–Kier alpha value is -2.54. The molecule has 7 nitrogen and oxygen atoms in total. The average Bonchev–Trinajstić information content (AvgIpc) is 3.35. The van der Waals surface area contributed by atoms with Crippen LogP contribution in [0.5, 0.6) is 11.5 Å². The van der Waals surface area contributed by atoms with Gasteiger partial charge in [-0.1, -0.05) is 6.42 Å². The standard InChI is InChI=1S/C23H30N4O3/c1-29-19-11-15-10-17-21(16(15)12-20(19)30-2)25-26-22(17)23(28)24-13-14-6-5-9-27-8-4-3-7-18(14)27/h11-12,14,18H,3-10,13H2,1-2H3,(H,24,28)(H,25,26)/t14-,18+/m1/s1. The van der Waals surface area contributed by atoms with Crippen molar-refractivity contribution < 1.29 is 14.3 Å². The number of amides is 1. The molecule has 2 saturated heterocycles. The molecular formula is C23H30N4O3. The lowest BCUT2D eigenvalue weighted by atomic mass is 9.83. The fourth-order valence-electron chi connectivity index (χ4n) is 5.55. The van der Waals surface area contributed by atoms with Crippen LogP contribution in [0.1, 0.15) is 53.7 Å². The molecule has 3 heterocycles. The fraction of sp³-hybridized carbons (Fsp3) is 0.565. The lowest BCUT2D eigenvalue weighted by Gasteiger charge is -2.44. The van der Waals surface area contributed by atoms with E-state index in [1.165, 1.54) is 45.2 Å². The molecule has 5 rings (SSSR count). The molecule has 0 saturated carbocycles. The Kier molecular flexibility index (Phi) is 5.15. The zero-order valence-electron chi connectivity index (χ0n) is 17.8. The van der Waals surface area contributed by atoms with Gasteiger partial charge in [-0.2, -0.15) is 5.10 Å². The molecule has 0 radical (unpaired) electrons. The zero-order valence-corrected chi connectivity index (χ0v) is 17.8. The second-order valence-corrected chi connectivity index (χ2v) is 8.68. The number of aromatic amines is 1. The van der Waals surface area contributed by atoms with Gasteiger partial charge in [-0.15, -0.1) is 0 Å². The van der Waals surface area contributed by atoms with E-state index in [2.05, 4.69) is 20.4 Å². The topological polar surface area (TPSA) is 79.5 Å². The number of nitrogens with zero attached hydrogens (tertiary/aromatic N) is 2. The third-order valence-electron chi connectivity index (χ3n) is 7.08. The summed E-state index contributed by atoms with van der Waals surface area (Å²) in [6.45, 7) is 3.17. The zero-order chi connectivity index (χ0) is 20.7. The van der Waals surface area contributed by atoms with Crippen LogP contribution in [0.15, 0.2) is 12.1 Å². The van der Waals surface area contributed by atoms with E-state index >= 15 is 0 Å². The van der Waals surface area contributed by atoms with Crippen molar-refractivity contribution in [3.63, 3.8) is 0 Å². The van der Waals surface area contributed by atoms with Crippen LogP contribution in [0, 0.1) is 5.92 Å². The van der Waals surface area contributed by atoms with E-state index in [0.29, 0.717) is 35.6 Å². The number of nitrogens with one attached hydrogen (secondary N) is 2. The highest BCUT2D eigenvalue weighted by atomic mass is 16.5. The van der Waals surface area contributed by atoms with Crippen LogP contribution in [0.2, 0.25) is 0 Å². The van der Waals surface area contributed by atoms with E-state index in [-0.39, 0.29) is 5.91 Å². The molecule has 7 heteroatoms. The van der Waals surface area contributed by atoms with Gasteiger partial charge in [-0.25, -0.2) is 0 Å². The molecule has 30 heavy (non-hydrogen) atoms. The predicted molar refractivity (Wildman–Crippen MR) is 114 cm³/mol. The predicted octanol–water partition coefficient (Wildman–Crippen LogP) is 2.99. The molecule has 1 aliphatic carbocycles. The summed E-state index contributed by atoms with van der Waals surface area (Å²) < 4.78 is 10.9. The summed E-state index contributed by atoms with van der Waals surface area (Å²) in [5.74, 6) is 1.87. The largest absolute Gasteiger partial charge is 0.493 e. The summed E-state index contributed by atoms with van der Waals surface area (Å²) in [6.07, 6.45) is 6.99. The van der Waals surface area contributed by atoms with E-state index in [0.717, 1.165) is 28.9 Å².